The fraction of sp³-hybridized carbons (Fsp3) is 1.00. The van der Waals surface area contributed by atoms with E-state index in [-0.39, 0.29) is 10.8 Å². The molecule has 0 atom stereocenters. The first-order valence-electron chi connectivity index (χ1n) is 8.77. The van der Waals surface area contributed by atoms with Crippen molar-refractivity contribution in [2.45, 2.75) is 113 Å². The van der Waals surface area contributed by atoms with Crippen LogP contribution in [0.25, 0.3) is 0 Å². The van der Waals surface area contributed by atoms with Gasteiger partial charge in [-0.15, -0.1) is 0 Å². The highest BCUT2D eigenvalue weighted by Gasteiger charge is 2.42. The van der Waals surface area contributed by atoms with Crippen molar-refractivity contribution in [3.63, 3.8) is 0 Å². The van der Waals surface area contributed by atoms with Crippen molar-refractivity contribution in [2.24, 2.45) is 10.8 Å². The van der Waals surface area contributed by atoms with Gasteiger partial charge >= 0.3 is 0 Å². The second kappa shape index (κ2) is 7.38. The third kappa shape index (κ3) is 6.00. The van der Waals surface area contributed by atoms with Gasteiger partial charge in [0.25, 0.3) is 0 Å². The molecular formula is C19H40O4. The Bertz CT molecular complexity index is 323. The fourth-order valence-corrected chi connectivity index (χ4v) is 1.11. The van der Waals surface area contributed by atoms with Crippen molar-refractivity contribution < 1.29 is 19.6 Å². The van der Waals surface area contributed by atoms with Crippen LogP contribution in [-0.2, 0) is 19.6 Å². The molecule has 0 saturated heterocycles. The van der Waals surface area contributed by atoms with Crippen LogP contribution in [0.1, 0.15) is 95.9 Å². The third-order valence-corrected chi connectivity index (χ3v) is 5.49. The number of hydrogen-bond acceptors (Lipinski definition) is 4. The van der Waals surface area contributed by atoms with E-state index in [0.717, 1.165) is 0 Å². The zero-order chi connectivity index (χ0) is 18.7. The minimum absolute atomic E-state index is 0.0637. The van der Waals surface area contributed by atoms with Crippen LogP contribution in [-0.4, -0.2) is 17.0 Å². The van der Waals surface area contributed by atoms with E-state index >= 15 is 0 Å². The van der Waals surface area contributed by atoms with Crippen molar-refractivity contribution >= 4 is 0 Å². The van der Waals surface area contributed by atoms with E-state index in [9.17, 15) is 0 Å². The zero-order valence-electron chi connectivity index (χ0n) is 17.5. The maximum Gasteiger partial charge on any atom is 0.233 e. The van der Waals surface area contributed by atoms with Crippen molar-refractivity contribution in [3.05, 3.63) is 0 Å². The third-order valence-electron chi connectivity index (χ3n) is 5.49. The Morgan fingerprint density at radius 3 is 0.913 bits per heavy atom. The number of rotatable bonds is 8. The van der Waals surface area contributed by atoms with Gasteiger partial charge < -0.3 is 0 Å². The summed E-state index contributed by atoms with van der Waals surface area (Å²) < 4.78 is 0. The highest BCUT2D eigenvalue weighted by atomic mass is 17.3. The van der Waals surface area contributed by atoms with Gasteiger partial charge in [-0.3, -0.25) is 0 Å². The molecule has 0 saturated carbocycles. The molecule has 0 rings (SSSR count). The van der Waals surface area contributed by atoms with Crippen LogP contribution in [0.4, 0.5) is 0 Å². The van der Waals surface area contributed by atoms with Crippen molar-refractivity contribution in [3.8, 4) is 0 Å². The maximum atomic E-state index is 5.79. The first-order valence-corrected chi connectivity index (χ1v) is 8.77. The van der Waals surface area contributed by atoms with Crippen molar-refractivity contribution in [1.82, 2.24) is 0 Å². The minimum atomic E-state index is -0.912. The van der Waals surface area contributed by atoms with Gasteiger partial charge in [0.05, 0.1) is 0 Å². The summed E-state index contributed by atoms with van der Waals surface area (Å²) in [5.41, 5.74) is -1.03. The molecule has 0 unspecified atom stereocenters. The molecule has 0 aromatic heterocycles. The molecule has 0 bridgehead atoms. The highest BCUT2D eigenvalue weighted by molar-refractivity contribution is 4.83. The summed E-state index contributed by atoms with van der Waals surface area (Å²) in [5.74, 6) is -0.912. The molecule has 23 heavy (non-hydrogen) atoms. The SMILES string of the molecule is CCC(CC)(OOC(C)(C)C(C)(C)C)OOC(C)(C)C(C)(C)C. The van der Waals surface area contributed by atoms with Crippen LogP contribution >= 0.6 is 0 Å². The molecule has 4 heteroatoms. The average molecular weight is 333 g/mol. The molecule has 0 aliphatic rings. The summed E-state index contributed by atoms with van der Waals surface area (Å²) in [4.78, 5) is 23.1. The lowest BCUT2D eigenvalue weighted by Crippen LogP contribution is -2.47. The van der Waals surface area contributed by atoms with Gasteiger partial charge in [0.1, 0.15) is 11.2 Å². The Labute approximate surface area is 144 Å². The maximum absolute atomic E-state index is 5.79. The van der Waals surface area contributed by atoms with Crippen LogP contribution in [0.2, 0.25) is 0 Å². The molecule has 0 aromatic carbocycles. The molecule has 0 aromatic rings. The normalized spacial score (nSPS) is 15.1. The molecular weight excluding hydrogens is 292 g/mol. The molecule has 0 amide bonds. The molecule has 4 nitrogen and oxygen atoms in total. The van der Waals surface area contributed by atoms with Gasteiger partial charge in [-0.1, -0.05) is 55.4 Å². The zero-order valence-corrected chi connectivity index (χ0v) is 17.5. The number of hydrogen-bond donors (Lipinski definition) is 0. The quantitative estimate of drug-likeness (QED) is 0.308. The van der Waals surface area contributed by atoms with E-state index in [1.165, 1.54) is 0 Å². The van der Waals surface area contributed by atoms with E-state index in [1.807, 2.05) is 41.5 Å². The molecule has 0 N–H and O–H groups in total. The predicted octanol–water partition coefficient (Wildman–Crippen LogP) is 6.05. The second-order valence-electron chi connectivity index (χ2n) is 9.47. The Morgan fingerprint density at radius 2 is 0.739 bits per heavy atom. The molecule has 0 aliphatic heterocycles. The van der Waals surface area contributed by atoms with E-state index < -0.39 is 17.0 Å². The average Bonchev–Trinajstić information content (AvgIpc) is 2.37. The van der Waals surface area contributed by atoms with Gasteiger partial charge in [-0.05, 0) is 38.5 Å². The van der Waals surface area contributed by atoms with Gasteiger partial charge in [0.2, 0.25) is 5.79 Å². The monoisotopic (exact) mass is 332 g/mol. The van der Waals surface area contributed by atoms with Crippen molar-refractivity contribution in [1.29, 1.82) is 0 Å². The molecule has 0 radical (unpaired) electrons. The first kappa shape index (κ1) is 22.8. The Kier molecular flexibility index (Phi) is 7.33. The van der Waals surface area contributed by atoms with E-state index in [4.69, 9.17) is 19.6 Å². The first-order chi connectivity index (χ1) is 10.0. The molecule has 0 spiro atoms. The van der Waals surface area contributed by atoms with E-state index in [0.29, 0.717) is 12.8 Å². The molecule has 0 aliphatic carbocycles. The lowest BCUT2D eigenvalue weighted by atomic mass is 9.79. The van der Waals surface area contributed by atoms with Crippen molar-refractivity contribution in [2.75, 3.05) is 0 Å². The standard InChI is InChI=1S/C19H40O4/c1-13-19(14-2,22-20-17(9,10)15(3,4)5)23-21-18(11,12)16(6,7)8/h13-14H2,1-12H3. The van der Waals surface area contributed by atoms with Crippen LogP contribution in [0.15, 0.2) is 0 Å². The fourth-order valence-electron chi connectivity index (χ4n) is 1.11. The topological polar surface area (TPSA) is 36.9 Å². The summed E-state index contributed by atoms with van der Waals surface area (Å²) in [6.45, 7) is 24.8. The lowest BCUT2D eigenvalue weighted by Gasteiger charge is -2.42. The van der Waals surface area contributed by atoms with Gasteiger partial charge in [0, 0.05) is 12.8 Å². The summed E-state index contributed by atoms with van der Waals surface area (Å²) in [5, 5.41) is 0. The molecule has 140 valence electrons. The molecule has 0 fully saturated rings. The Morgan fingerprint density at radius 1 is 0.478 bits per heavy atom. The smallest absolute Gasteiger partial charge is 0.227 e. The largest absolute Gasteiger partial charge is 0.233 e. The van der Waals surface area contributed by atoms with Crippen LogP contribution in [0, 0.1) is 10.8 Å². The second-order valence-corrected chi connectivity index (χ2v) is 9.47. The summed E-state index contributed by atoms with van der Waals surface area (Å²) >= 11 is 0. The summed E-state index contributed by atoms with van der Waals surface area (Å²) in [6, 6.07) is 0. The minimum Gasteiger partial charge on any atom is -0.227 e. The Hall–Kier alpha value is -0.160. The van der Waals surface area contributed by atoms with E-state index in [2.05, 4.69) is 41.5 Å². The van der Waals surface area contributed by atoms with Crippen LogP contribution in [0.3, 0.4) is 0 Å². The predicted molar refractivity (Wildman–Crippen MR) is 94.7 cm³/mol. The van der Waals surface area contributed by atoms with Gasteiger partial charge in [-0.25, -0.2) is 9.78 Å². The molecule has 0 heterocycles. The van der Waals surface area contributed by atoms with Gasteiger partial charge in [0.15, 0.2) is 0 Å². The van der Waals surface area contributed by atoms with Crippen LogP contribution in [0.5, 0.6) is 0 Å². The summed E-state index contributed by atoms with van der Waals surface area (Å²) in [7, 11) is 0. The Balaban J connectivity index is 5.03. The summed E-state index contributed by atoms with van der Waals surface area (Å²) in [6.07, 6.45) is 1.26. The van der Waals surface area contributed by atoms with Crippen LogP contribution < -0.4 is 0 Å². The van der Waals surface area contributed by atoms with Gasteiger partial charge in [-0.2, -0.15) is 9.78 Å². The van der Waals surface area contributed by atoms with E-state index in [1.54, 1.807) is 0 Å². The highest BCUT2D eigenvalue weighted by Crippen LogP contribution is 2.38. The lowest BCUT2D eigenvalue weighted by molar-refractivity contribution is -0.553.